The number of aromatic hydroxyl groups is 1. The summed E-state index contributed by atoms with van der Waals surface area (Å²) in [5.74, 6) is 1.51. The molecule has 1 amide bonds. The number of phenols is 1. The van der Waals surface area contributed by atoms with E-state index >= 15 is 0 Å². The van der Waals surface area contributed by atoms with Crippen molar-refractivity contribution in [3.63, 3.8) is 0 Å². The Bertz CT molecular complexity index is 1880. The maximum Gasteiger partial charge on any atom is 0.255 e. The number of carbonyl (C=O) groups is 1. The first kappa shape index (κ1) is 40.9. The number of nitrogens with one attached hydrogen (secondary N) is 1. The van der Waals surface area contributed by atoms with E-state index < -0.39 is 0 Å². The molecule has 0 spiro atoms. The number of carbonyl (C=O) groups excluding carboxylic acids is 1. The van der Waals surface area contributed by atoms with E-state index in [1.807, 2.05) is 29.3 Å². The van der Waals surface area contributed by atoms with Gasteiger partial charge in [-0.1, -0.05) is 84.7 Å². The van der Waals surface area contributed by atoms with Crippen molar-refractivity contribution < 1.29 is 9.90 Å². The fourth-order valence-electron chi connectivity index (χ4n) is 7.65. The molecule has 0 aliphatic heterocycles. The Morgan fingerprint density at radius 1 is 0.981 bits per heavy atom. The number of fused-ring (bicyclic) bond motifs is 1. The average molecular weight is 731 g/mol. The van der Waals surface area contributed by atoms with Crippen molar-refractivity contribution in [2.24, 2.45) is 11.8 Å². The van der Waals surface area contributed by atoms with Crippen molar-refractivity contribution in [1.82, 2.24) is 9.47 Å². The molecule has 0 saturated heterocycles. The molecule has 2 N–H and O–H groups in total. The van der Waals surface area contributed by atoms with Gasteiger partial charge in [-0.15, -0.1) is 0 Å². The standard InChI is InChI=1S/C48H66N4O2/c1-9-25-50(28-23-34(5)10-2)26-14-27-52-37(8)36(7)43-31-39(19-22-45(43)52)30-38-17-20-41(21-18-38)48(54)49-42-32-44(40-15-13-16-40)47(46(53)33-42)51(12-4)29-24-35(6)11-3/h12,17-22,24,29,31-35,40,53H,4,9-11,13-16,23,25-28,30H2,1-3,5-8H3,(H,49,54)/b29-24-. The van der Waals surface area contributed by atoms with Crippen LogP contribution in [0.4, 0.5) is 11.4 Å². The van der Waals surface area contributed by atoms with Gasteiger partial charge in [-0.25, -0.2) is 0 Å². The van der Waals surface area contributed by atoms with Crippen molar-refractivity contribution in [1.29, 1.82) is 0 Å². The summed E-state index contributed by atoms with van der Waals surface area (Å²) in [4.78, 5) is 18.0. The predicted molar refractivity (Wildman–Crippen MR) is 230 cm³/mol. The van der Waals surface area contributed by atoms with Crippen molar-refractivity contribution >= 4 is 28.2 Å². The van der Waals surface area contributed by atoms with Crippen molar-refractivity contribution in [3.05, 3.63) is 113 Å². The van der Waals surface area contributed by atoms with Crippen LogP contribution in [0.15, 0.2) is 79.7 Å². The lowest BCUT2D eigenvalue weighted by atomic mass is 9.79. The van der Waals surface area contributed by atoms with Gasteiger partial charge < -0.3 is 24.8 Å². The minimum Gasteiger partial charge on any atom is -0.506 e. The number of anilines is 2. The third kappa shape index (κ3) is 10.1. The Morgan fingerprint density at radius 2 is 1.72 bits per heavy atom. The number of benzene rings is 3. The van der Waals surface area contributed by atoms with Crippen molar-refractivity contribution in [3.8, 4) is 5.75 Å². The maximum absolute atomic E-state index is 13.4. The molecule has 6 heteroatoms. The Balaban J connectivity index is 1.24. The number of amides is 1. The molecule has 1 aromatic heterocycles. The van der Waals surface area contributed by atoms with E-state index in [4.69, 9.17) is 0 Å². The Kier molecular flexibility index (Phi) is 14.6. The summed E-state index contributed by atoms with van der Waals surface area (Å²) < 4.78 is 2.52. The number of rotatable bonds is 20. The molecule has 290 valence electrons. The van der Waals surface area contributed by atoms with Gasteiger partial charge in [0.1, 0.15) is 5.75 Å². The summed E-state index contributed by atoms with van der Waals surface area (Å²) in [7, 11) is 0. The van der Waals surface area contributed by atoms with E-state index in [1.165, 1.54) is 66.5 Å². The molecule has 2 atom stereocenters. The van der Waals surface area contributed by atoms with Crippen LogP contribution in [0, 0.1) is 25.7 Å². The number of hydrogen-bond acceptors (Lipinski definition) is 4. The highest BCUT2D eigenvalue weighted by atomic mass is 16.3. The molecule has 0 bridgehead atoms. The van der Waals surface area contributed by atoms with Crippen LogP contribution in [-0.4, -0.2) is 40.1 Å². The van der Waals surface area contributed by atoms with Gasteiger partial charge in [0.15, 0.2) is 0 Å². The molecule has 2 unspecified atom stereocenters. The predicted octanol–water partition coefficient (Wildman–Crippen LogP) is 12.1. The zero-order valence-electron chi connectivity index (χ0n) is 34.3. The monoisotopic (exact) mass is 731 g/mol. The quantitative estimate of drug-likeness (QED) is 0.0950. The summed E-state index contributed by atoms with van der Waals surface area (Å²) in [6.07, 6.45) is 15.9. The first-order valence-corrected chi connectivity index (χ1v) is 20.7. The summed E-state index contributed by atoms with van der Waals surface area (Å²) in [5, 5.41) is 15.7. The first-order valence-electron chi connectivity index (χ1n) is 20.7. The largest absolute Gasteiger partial charge is 0.506 e. The summed E-state index contributed by atoms with van der Waals surface area (Å²) in [6, 6.07) is 18.5. The van der Waals surface area contributed by atoms with Crippen LogP contribution in [0.3, 0.4) is 0 Å². The van der Waals surface area contributed by atoms with E-state index in [9.17, 15) is 9.90 Å². The van der Waals surface area contributed by atoms with Gasteiger partial charge >= 0.3 is 0 Å². The van der Waals surface area contributed by atoms with E-state index in [-0.39, 0.29) is 11.7 Å². The van der Waals surface area contributed by atoms with Gasteiger partial charge in [-0.05, 0) is 142 Å². The second-order valence-electron chi connectivity index (χ2n) is 15.9. The first-order chi connectivity index (χ1) is 26.1. The Hall–Kier alpha value is -4.29. The fourth-order valence-corrected chi connectivity index (χ4v) is 7.65. The van der Waals surface area contributed by atoms with Gasteiger partial charge in [-0.3, -0.25) is 4.79 Å². The van der Waals surface area contributed by atoms with Crippen molar-refractivity contribution in [2.75, 3.05) is 29.9 Å². The molecule has 4 aromatic rings. The van der Waals surface area contributed by atoms with E-state index in [1.54, 1.807) is 12.3 Å². The van der Waals surface area contributed by atoms with E-state index in [0.29, 0.717) is 23.1 Å². The topological polar surface area (TPSA) is 60.7 Å². The summed E-state index contributed by atoms with van der Waals surface area (Å²) in [5.41, 5.74) is 9.47. The number of hydrogen-bond donors (Lipinski definition) is 2. The van der Waals surface area contributed by atoms with Crippen LogP contribution in [0.2, 0.25) is 0 Å². The highest BCUT2D eigenvalue weighted by Crippen LogP contribution is 2.46. The van der Waals surface area contributed by atoms with Crippen LogP contribution in [0.25, 0.3) is 10.9 Å². The lowest BCUT2D eigenvalue weighted by Gasteiger charge is -2.31. The molecule has 1 heterocycles. The van der Waals surface area contributed by atoms with Gasteiger partial charge in [-0.2, -0.15) is 0 Å². The summed E-state index contributed by atoms with van der Waals surface area (Å²) in [6.45, 7) is 24.4. The van der Waals surface area contributed by atoms with Crippen LogP contribution in [0.5, 0.6) is 5.75 Å². The maximum atomic E-state index is 13.4. The molecule has 1 fully saturated rings. The third-order valence-electron chi connectivity index (χ3n) is 12.0. The number of allylic oxidation sites excluding steroid dienone is 1. The lowest BCUT2D eigenvalue weighted by molar-refractivity contribution is 0.102. The highest BCUT2D eigenvalue weighted by Gasteiger charge is 2.27. The highest BCUT2D eigenvalue weighted by molar-refractivity contribution is 6.04. The number of nitrogens with zero attached hydrogens (tertiary/aromatic N) is 3. The lowest BCUT2D eigenvalue weighted by Crippen LogP contribution is -2.28. The third-order valence-corrected chi connectivity index (χ3v) is 12.0. The Labute approximate surface area is 326 Å². The molecule has 6 nitrogen and oxygen atoms in total. The second kappa shape index (κ2) is 19.3. The molecule has 3 aromatic carbocycles. The average Bonchev–Trinajstić information content (AvgIpc) is 3.38. The van der Waals surface area contributed by atoms with Crippen LogP contribution < -0.4 is 10.2 Å². The minimum atomic E-state index is -0.187. The van der Waals surface area contributed by atoms with Crippen molar-refractivity contribution in [2.45, 2.75) is 119 Å². The second-order valence-corrected chi connectivity index (χ2v) is 15.9. The molecular weight excluding hydrogens is 665 g/mol. The molecule has 5 rings (SSSR count). The fraction of sp³-hybridized carbons (Fsp3) is 0.479. The number of aromatic nitrogens is 1. The smallest absolute Gasteiger partial charge is 0.255 e. The van der Waals surface area contributed by atoms with E-state index in [0.717, 1.165) is 67.9 Å². The van der Waals surface area contributed by atoms with Gasteiger partial charge in [0.25, 0.3) is 5.91 Å². The molecule has 1 aliphatic carbocycles. The zero-order valence-corrected chi connectivity index (χ0v) is 34.3. The number of phenolic OH excluding ortho intramolecular Hbond substituents is 1. The normalized spacial score (nSPS) is 14.4. The van der Waals surface area contributed by atoms with Crippen LogP contribution in [-0.2, 0) is 13.0 Å². The molecular formula is C48H66N4O2. The van der Waals surface area contributed by atoms with Gasteiger partial charge in [0, 0.05) is 52.9 Å². The summed E-state index contributed by atoms with van der Waals surface area (Å²) >= 11 is 0. The van der Waals surface area contributed by atoms with Gasteiger partial charge in [0.05, 0.1) is 5.69 Å². The van der Waals surface area contributed by atoms with Crippen LogP contribution in [0.1, 0.15) is 130 Å². The van der Waals surface area contributed by atoms with Crippen LogP contribution >= 0.6 is 0 Å². The SMILES string of the molecule is C=CN(/C=C\C(C)CC)c1c(O)cc(NC(=O)c2ccc(Cc3ccc4c(c3)c(C)c(C)n4CCCN(CCC)CCC(C)CC)cc2)cc1C1CCC1. The molecule has 54 heavy (non-hydrogen) atoms. The molecule has 0 radical (unpaired) electrons. The van der Waals surface area contributed by atoms with E-state index in [2.05, 4.69) is 106 Å². The minimum absolute atomic E-state index is 0.141. The molecule has 1 aliphatic rings. The Morgan fingerprint density at radius 3 is 2.37 bits per heavy atom. The number of aryl methyl sites for hydroxylation is 2. The van der Waals surface area contributed by atoms with Gasteiger partial charge in [0.2, 0.25) is 0 Å². The zero-order chi connectivity index (χ0) is 38.8. The molecule has 1 saturated carbocycles.